The molecule has 0 aliphatic carbocycles. The summed E-state index contributed by atoms with van der Waals surface area (Å²) >= 11 is 5.15. The number of nitrogens with zero attached hydrogens (tertiary/aromatic N) is 2. The summed E-state index contributed by atoms with van der Waals surface area (Å²) < 4.78 is 1.14. The SMILES string of the molecule is Cc1cnc(N(C)Cc2csc(Br)c2)c(N)c1. The van der Waals surface area contributed by atoms with Crippen LogP contribution in [0.5, 0.6) is 0 Å². The number of halogens is 1. The monoisotopic (exact) mass is 311 g/mol. The Bertz CT molecular complexity index is 524. The zero-order valence-corrected chi connectivity index (χ0v) is 12.2. The van der Waals surface area contributed by atoms with Crippen molar-refractivity contribution < 1.29 is 0 Å². The Morgan fingerprint density at radius 1 is 1.47 bits per heavy atom. The summed E-state index contributed by atoms with van der Waals surface area (Å²) in [4.78, 5) is 6.43. The standard InChI is InChI=1S/C12H14BrN3S/c1-8-3-10(14)12(15-5-8)16(2)6-9-4-11(13)17-7-9/h3-5,7H,6,14H2,1-2H3. The van der Waals surface area contributed by atoms with E-state index >= 15 is 0 Å². The van der Waals surface area contributed by atoms with Crippen LogP contribution in [0.4, 0.5) is 11.5 Å². The second-order valence-corrected chi connectivity index (χ2v) is 6.33. The number of hydrogen-bond donors (Lipinski definition) is 1. The van der Waals surface area contributed by atoms with Gasteiger partial charge in [0, 0.05) is 19.8 Å². The first-order valence-electron chi connectivity index (χ1n) is 5.22. The molecule has 5 heteroatoms. The lowest BCUT2D eigenvalue weighted by atomic mass is 10.2. The summed E-state index contributed by atoms with van der Waals surface area (Å²) in [6.45, 7) is 2.80. The largest absolute Gasteiger partial charge is 0.396 e. The molecule has 0 aliphatic heterocycles. The zero-order valence-electron chi connectivity index (χ0n) is 9.77. The highest BCUT2D eigenvalue weighted by atomic mass is 79.9. The minimum absolute atomic E-state index is 0.724. The first kappa shape index (κ1) is 12.4. The van der Waals surface area contributed by atoms with Gasteiger partial charge in [0.15, 0.2) is 5.82 Å². The molecule has 0 saturated heterocycles. The molecule has 0 aliphatic rings. The molecule has 2 rings (SSSR count). The van der Waals surface area contributed by atoms with Gasteiger partial charge in [-0.25, -0.2) is 4.98 Å². The fourth-order valence-electron chi connectivity index (χ4n) is 1.68. The average molecular weight is 312 g/mol. The maximum absolute atomic E-state index is 5.97. The Kier molecular flexibility index (Phi) is 3.69. The van der Waals surface area contributed by atoms with E-state index in [1.807, 2.05) is 26.2 Å². The summed E-state index contributed by atoms with van der Waals surface area (Å²) in [6.07, 6.45) is 1.84. The lowest BCUT2D eigenvalue weighted by Gasteiger charge is -2.19. The molecule has 0 unspecified atom stereocenters. The molecule has 0 atom stereocenters. The van der Waals surface area contributed by atoms with Gasteiger partial charge in [-0.3, -0.25) is 0 Å². The molecule has 2 heterocycles. The molecule has 2 aromatic rings. The number of aromatic nitrogens is 1. The normalized spacial score (nSPS) is 10.5. The molecule has 0 radical (unpaired) electrons. The molecule has 0 fully saturated rings. The molecule has 17 heavy (non-hydrogen) atoms. The first-order chi connectivity index (χ1) is 8.06. The summed E-state index contributed by atoms with van der Waals surface area (Å²) in [5.74, 6) is 0.831. The van der Waals surface area contributed by atoms with Crippen molar-refractivity contribution in [1.82, 2.24) is 4.98 Å². The fraction of sp³-hybridized carbons (Fsp3) is 0.250. The highest BCUT2D eigenvalue weighted by Crippen LogP contribution is 2.25. The van der Waals surface area contributed by atoms with Gasteiger partial charge in [0.1, 0.15) is 0 Å². The number of thiophene rings is 1. The number of aryl methyl sites for hydroxylation is 1. The van der Waals surface area contributed by atoms with Crippen LogP contribution in [0.3, 0.4) is 0 Å². The Balaban J connectivity index is 2.17. The van der Waals surface area contributed by atoms with E-state index in [9.17, 15) is 0 Å². The number of nitrogen functional groups attached to an aromatic ring is 1. The van der Waals surface area contributed by atoms with Crippen LogP contribution in [0.15, 0.2) is 27.5 Å². The van der Waals surface area contributed by atoms with Crippen molar-refractivity contribution >= 4 is 38.8 Å². The number of hydrogen-bond acceptors (Lipinski definition) is 4. The molecule has 0 amide bonds. The van der Waals surface area contributed by atoms with E-state index in [4.69, 9.17) is 5.73 Å². The lowest BCUT2D eigenvalue weighted by Crippen LogP contribution is -2.18. The highest BCUT2D eigenvalue weighted by Gasteiger charge is 2.08. The first-order valence-corrected chi connectivity index (χ1v) is 6.89. The highest BCUT2D eigenvalue weighted by molar-refractivity contribution is 9.11. The van der Waals surface area contributed by atoms with Gasteiger partial charge in [0.2, 0.25) is 0 Å². The van der Waals surface area contributed by atoms with E-state index in [-0.39, 0.29) is 0 Å². The van der Waals surface area contributed by atoms with E-state index in [2.05, 4.69) is 37.3 Å². The van der Waals surface area contributed by atoms with Crippen molar-refractivity contribution in [2.75, 3.05) is 17.7 Å². The quantitative estimate of drug-likeness (QED) is 0.944. The third-order valence-electron chi connectivity index (χ3n) is 2.43. The van der Waals surface area contributed by atoms with Crippen LogP contribution in [0.1, 0.15) is 11.1 Å². The van der Waals surface area contributed by atoms with Gasteiger partial charge in [-0.2, -0.15) is 0 Å². The number of rotatable bonds is 3. The number of nitrogens with two attached hydrogens (primary N) is 1. The van der Waals surface area contributed by atoms with Crippen molar-refractivity contribution in [3.8, 4) is 0 Å². The summed E-state index contributed by atoms with van der Waals surface area (Å²) in [6, 6.07) is 4.06. The van der Waals surface area contributed by atoms with Crippen LogP contribution < -0.4 is 10.6 Å². The fourth-order valence-corrected chi connectivity index (χ4v) is 2.88. The van der Waals surface area contributed by atoms with Gasteiger partial charge in [-0.15, -0.1) is 11.3 Å². The van der Waals surface area contributed by atoms with E-state index in [0.29, 0.717) is 0 Å². The van der Waals surface area contributed by atoms with Crippen molar-refractivity contribution in [2.45, 2.75) is 13.5 Å². The Labute approximate surface area is 113 Å². The molecular formula is C12H14BrN3S. The predicted octanol–water partition coefficient (Wildman–Crippen LogP) is 3.43. The molecule has 2 aromatic heterocycles. The molecule has 2 N–H and O–H groups in total. The van der Waals surface area contributed by atoms with E-state index < -0.39 is 0 Å². The topological polar surface area (TPSA) is 42.2 Å². The summed E-state index contributed by atoms with van der Waals surface area (Å²) in [7, 11) is 2.00. The second-order valence-electron chi connectivity index (χ2n) is 4.04. The second kappa shape index (κ2) is 5.06. The van der Waals surface area contributed by atoms with Gasteiger partial charge >= 0.3 is 0 Å². The van der Waals surface area contributed by atoms with Gasteiger partial charge < -0.3 is 10.6 Å². The zero-order chi connectivity index (χ0) is 12.4. The molecule has 0 bridgehead atoms. The van der Waals surface area contributed by atoms with Crippen molar-refractivity contribution in [3.05, 3.63) is 38.6 Å². The average Bonchev–Trinajstić information content (AvgIpc) is 2.63. The van der Waals surface area contributed by atoms with Crippen LogP contribution in [-0.4, -0.2) is 12.0 Å². The molecule has 90 valence electrons. The predicted molar refractivity (Wildman–Crippen MR) is 77.5 cm³/mol. The maximum Gasteiger partial charge on any atom is 0.151 e. The van der Waals surface area contributed by atoms with Crippen molar-refractivity contribution in [2.24, 2.45) is 0 Å². The third-order valence-corrected chi connectivity index (χ3v) is 3.99. The smallest absolute Gasteiger partial charge is 0.151 e. The van der Waals surface area contributed by atoms with Gasteiger partial charge in [-0.05, 0) is 51.5 Å². The summed E-state index contributed by atoms with van der Waals surface area (Å²) in [5, 5.41) is 2.13. The van der Waals surface area contributed by atoms with Crippen LogP contribution in [0.25, 0.3) is 0 Å². The molecule has 0 saturated carbocycles. The van der Waals surface area contributed by atoms with Crippen LogP contribution in [0.2, 0.25) is 0 Å². The Hall–Kier alpha value is -1.07. The van der Waals surface area contributed by atoms with Crippen molar-refractivity contribution in [1.29, 1.82) is 0 Å². The van der Waals surface area contributed by atoms with Crippen LogP contribution >= 0.6 is 27.3 Å². The van der Waals surface area contributed by atoms with Gasteiger partial charge in [0.05, 0.1) is 9.47 Å². The molecule has 3 nitrogen and oxygen atoms in total. The Morgan fingerprint density at radius 3 is 2.82 bits per heavy atom. The summed E-state index contributed by atoms with van der Waals surface area (Å²) in [5.41, 5.74) is 9.03. The van der Waals surface area contributed by atoms with Crippen LogP contribution in [-0.2, 0) is 6.54 Å². The van der Waals surface area contributed by atoms with Gasteiger partial charge in [0.25, 0.3) is 0 Å². The van der Waals surface area contributed by atoms with Crippen molar-refractivity contribution in [3.63, 3.8) is 0 Å². The number of anilines is 2. The van der Waals surface area contributed by atoms with E-state index in [1.165, 1.54) is 5.56 Å². The maximum atomic E-state index is 5.97. The minimum atomic E-state index is 0.724. The Morgan fingerprint density at radius 2 is 2.24 bits per heavy atom. The van der Waals surface area contributed by atoms with Crippen LogP contribution in [0, 0.1) is 6.92 Å². The van der Waals surface area contributed by atoms with Gasteiger partial charge in [-0.1, -0.05) is 0 Å². The molecule has 0 spiro atoms. The minimum Gasteiger partial charge on any atom is -0.396 e. The molecule has 0 aromatic carbocycles. The van der Waals surface area contributed by atoms with E-state index in [1.54, 1.807) is 11.3 Å². The third kappa shape index (κ3) is 2.98. The molecular weight excluding hydrogens is 298 g/mol. The van der Waals surface area contributed by atoms with E-state index in [0.717, 1.165) is 27.4 Å². The number of pyridine rings is 1. The lowest BCUT2D eigenvalue weighted by molar-refractivity contribution is 0.902.